The summed E-state index contributed by atoms with van der Waals surface area (Å²) in [5.41, 5.74) is 2.11. The first-order valence-corrected chi connectivity index (χ1v) is 6.26. The predicted molar refractivity (Wildman–Crippen MR) is 68.7 cm³/mol. The number of ether oxygens (including phenoxy) is 1. The highest BCUT2D eigenvalue weighted by atomic mass is 35.5. The van der Waals surface area contributed by atoms with Gasteiger partial charge in [-0.25, -0.2) is 0 Å². The van der Waals surface area contributed by atoms with Crippen molar-refractivity contribution in [2.75, 3.05) is 18.0 Å². The van der Waals surface area contributed by atoms with Crippen molar-refractivity contribution in [2.24, 2.45) is 0 Å². The zero-order chi connectivity index (χ0) is 12.6. The third-order valence-corrected chi connectivity index (χ3v) is 3.52. The van der Waals surface area contributed by atoms with E-state index in [1.165, 1.54) is 0 Å². The van der Waals surface area contributed by atoms with Crippen molar-refractivity contribution < 1.29 is 4.74 Å². The number of aromatic nitrogens is 2. The van der Waals surface area contributed by atoms with E-state index >= 15 is 0 Å². The Morgan fingerprint density at radius 1 is 1.12 bits per heavy atom. The molecule has 2 rings (SSSR count). The van der Waals surface area contributed by atoms with Crippen molar-refractivity contribution in [3.8, 4) is 0 Å². The second-order valence-corrected chi connectivity index (χ2v) is 5.08. The molecule has 0 aromatic carbocycles. The van der Waals surface area contributed by atoms with Crippen LogP contribution >= 0.6 is 11.6 Å². The quantitative estimate of drug-likeness (QED) is 0.772. The lowest BCUT2D eigenvalue weighted by molar-refractivity contribution is -0.00554. The maximum atomic E-state index is 5.97. The summed E-state index contributed by atoms with van der Waals surface area (Å²) >= 11 is 5.97. The van der Waals surface area contributed by atoms with Crippen LogP contribution in [0.4, 0.5) is 5.82 Å². The number of nitrogens with zero attached hydrogens (tertiary/aromatic N) is 3. The summed E-state index contributed by atoms with van der Waals surface area (Å²) in [6.45, 7) is 9.86. The van der Waals surface area contributed by atoms with E-state index in [2.05, 4.69) is 28.9 Å². The summed E-state index contributed by atoms with van der Waals surface area (Å²) in [6, 6.07) is 0. The van der Waals surface area contributed by atoms with Gasteiger partial charge in [-0.3, -0.25) is 0 Å². The van der Waals surface area contributed by atoms with Crippen molar-refractivity contribution in [1.29, 1.82) is 0 Å². The van der Waals surface area contributed by atoms with E-state index in [0.29, 0.717) is 5.15 Å². The molecule has 0 N–H and O–H groups in total. The van der Waals surface area contributed by atoms with E-state index in [1.54, 1.807) is 0 Å². The Kier molecular flexibility index (Phi) is 3.54. The molecule has 4 nitrogen and oxygen atoms in total. The number of halogens is 1. The van der Waals surface area contributed by atoms with Gasteiger partial charge in [0.25, 0.3) is 0 Å². The largest absolute Gasteiger partial charge is 0.372 e. The highest BCUT2D eigenvalue weighted by Crippen LogP contribution is 2.26. The lowest BCUT2D eigenvalue weighted by Crippen LogP contribution is -2.46. The molecule has 2 heterocycles. The van der Waals surface area contributed by atoms with E-state index in [1.807, 2.05) is 13.8 Å². The minimum atomic E-state index is 0.218. The van der Waals surface area contributed by atoms with E-state index in [9.17, 15) is 0 Å². The van der Waals surface area contributed by atoms with Gasteiger partial charge in [-0.1, -0.05) is 11.6 Å². The Morgan fingerprint density at radius 3 is 2.29 bits per heavy atom. The Hall–Kier alpha value is -0.870. The second kappa shape index (κ2) is 4.78. The van der Waals surface area contributed by atoms with Crippen LogP contribution in [0.5, 0.6) is 0 Å². The summed E-state index contributed by atoms with van der Waals surface area (Å²) in [6.07, 6.45) is 0.437. The van der Waals surface area contributed by atoms with Gasteiger partial charge in [0.05, 0.1) is 12.2 Å². The van der Waals surface area contributed by atoms with Gasteiger partial charge in [0.15, 0.2) is 11.0 Å². The number of rotatable bonds is 1. The first-order chi connectivity index (χ1) is 7.99. The Bertz CT molecular complexity index is 414. The highest BCUT2D eigenvalue weighted by Gasteiger charge is 2.25. The molecule has 1 aromatic rings. The molecule has 94 valence electrons. The van der Waals surface area contributed by atoms with Crippen LogP contribution in [0, 0.1) is 13.8 Å². The van der Waals surface area contributed by atoms with Crippen LogP contribution in [0.15, 0.2) is 0 Å². The van der Waals surface area contributed by atoms with Crippen LogP contribution in [-0.4, -0.2) is 35.5 Å². The zero-order valence-electron chi connectivity index (χ0n) is 10.7. The third-order valence-electron chi connectivity index (χ3n) is 3.16. The number of morpholine rings is 1. The van der Waals surface area contributed by atoms with E-state index in [0.717, 1.165) is 30.0 Å². The molecule has 0 aliphatic carbocycles. The molecule has 0 amide bonds. The maximum Gasteiger partial charge on any atom is 0.155 e. The molecule has 1 aliphatic heterocycles. The van der Waals surface area contributed by atoms with Crippen LogP contribution in [0.25, 0.3) is 0 Å². The molecule has 0 unspecified atom stereocenters. The van der Waals surface area contributed by atoms with Crippen LogP contribution < -0.4 is 4.90 Å². The molecule has 0 radical (unpaired) electrons. The molecule has 5 heteroatoms. The van der Waals surface area contributed by atoms with Gasteiger partial charge < -0.3 is 9.64 Å². The molecule has 1 fully saturated rings. The first-order valence-electron chi connectivity index (χ1n) is 5.88. The van der Waals surface area contributed by atoms with Gasteiger partial charge >= 0.3 is 0 Å². The average Bonchev–Trinajstić information content (AvgIpc) is 2.24. The number of anilines is 1. The smallest absolute Gasteiger partial charge is 0.155 e. The molecular formula is C12H18ClN3O. The molecule has 0 saturated carbocycles. The third kappa shape index (κ3) is 2.53. The van der Waals surface area contributed by atoms with E-state index < -0.39 is 0 Å². The fourth-order valence-electron chi connectivity index (χ4n) is 2.21. The van der Waals surface area contributed by atoms with E-state index in [-0.39, 0.29) is 12.2 Å². The van der Waals surface area contributed by atoms with Crippen molar-refractivity contribution in [3.63, 3.8) is 0 Å². The summed E-state index contributed by atoms with van der Waals surface area (Å²) in [5.74, 6) is 0.925. The van der Waals surface area contributed by atoms with Gasteiger partial charge in [0.2, 0.25) is 0 Å². The van der Waals surface area contributed by atoms with Crippen LogP contribution in [-0.2, 0) is 4.74 Å². The first kappa shape index (κ1) is 12.6. The van der Waals surface area contributed by atoms with Gasteiger partial charge in [-0.15, -0.1) is 10.2 Å². The maximum absolute atomic E-state index is 5.97. The topological polar surface area (TPSA) is 38.2 Å². The Morgan fingerprint density at radius 2 is 1.71 bits per heavy atom. The van der Waals surface area contributed by atoms with Crippen LogP contribution in [0.2, 0.25) is 5.15 Å². The minimum absolute atomic E-state index is 0.218. The van der Waals surface area contributed by atoms with Crippen molar-refractivity contribution in [1.82, 2.24) is 10.2 Å². The molecular weight excluding hydrogens is 238 g/mol. The Balaban J connectivity index is 2.31. The van der Waals surface area contributed by atoms with Gasteiger partial charge in [0.1, 0.15) is 0 Å². The lowest BCUT2D eigenvalue weighted by Gasteiger charge is -2.36. The summed E-state index contributed by atoms with van der Waals surface area (Å²) in [4.78, 5) is 2.23. The molecule has 0 bridgehead atoms. The van der Waals surface area contributed by atoms with Crippen LogP contribution in [0.1, 0.15) is 25.0 Å². The predicted octanol–water partition coefficient (Wildman–Crippen LogP) is 2.36. The van der Waals surface area contributed by atoms with Gasteiger partial charge in [0, 0.05) is 13.1 Å². The molecule has 17 heavy (non-hydrogen) atoms. The number of hydrogen-bond acceptors (Lipinski definition) is 4. The van der Waals surface area contributed by atoms with Gasteiger partial charge in [-0.05, 0) is 38.8 Å². The zero-order valence-corrected chi connectivity index (χ0v) is 11.5. The van der Waals surface area contributed by atoms with Crippen molar-refractivity contribution in [3.05, 3.63) is 16.3 Å². The molecule has 1 aromatic heterocycles. The summed E-state index contributed by atoms with van der Waals surface area (Å²) in [5, 5.41) is 8.70. The summed E-state index contributed by atoms with van der Waals surface area (Å²) < 4.78 is 5.72. The highest BCUT2D eigenvalue weighted by molar-refractivity contribution is 6.30. The van der Waals surface area contributed by atoms with Crippen molar-refractivity contribution >= 4 is 17.4 Å². The van der Waals surface area contributed by atoms with Crippen LogP contribution in [0.3, 0.4) is 0 Å². The molecule has 1 aliphatic rings. The van der Waals surface area contributed by atoms with E-state index in [4.69, 9.17) is 16.3 Å². The molecule has 2 atom stereocenters. The normalized spacial score (nSPS) is 25.1. The lowest BCUT2D eigenvalue weighted by atomic mass is 10.1. The van der Waals surface area contributed by atoms with Crippen molar-refractivity contribution in [2.45, 2.75) is 39.9 Å². The fourth-order valence-corrected chi connectivity index (χ4v) is 2.39. The minimum Gasteiger partial charge on any atom is -0.372 e. The second-order valence-electron chi connectivity index (χ2n) is 4.73. The molecule has 0 spiro atoms. The number of hydrogen-bond donors (Lipinski definition) is 0. The standard InChI is InChI=1S/C12H18ClN3O/c1-7-5-16(6-8(2)17-7)12-10(4)9(3)11(13)14-15-12/h7-8H,5-6H2,1-4H3/t7-,8+. The summed E-state index contributed by atoms with van der Waals surface area (Å²) in [7, 11) is 0. The molecule has 1 saturated heterocycles. The average molecular weight is 256 g/mol. The fraction of sp³-hybridized carbons (Fsp3) is 0.667. The Labute approximate surface area is 107 Å². The SMILES string of the molecule is Cc1c(Cl)nnc(N2C[C@@H](C)O[C@@H](C)C2)c1C. The van der Waals surface area contributed by atoms with Gasteiger partial charge in [-0.2, -0.15) is 0 Å². The monoisotopic (exact) mass is 255 g/mol.